The molecule has 4 aromatic rings. The number of esters is 1. The molecule has 0 radical (unpaired) electrons. The minimum Gasteiger partial charge on any atom is -0.462 e. The van der Waals surface area contributed by atoms with Crippen LogP contribution >= 0.6 is 0 Å². The second-order valence-corrected chi connectivity index (χ2v) is 6.80. The summed E-state index contributed by atoms with van der Waals surface area (Å²) in [4.78, 5) is 40.9. The fraction of sp³-hybridized carbons (Fsp3) is 0.0870. The van der Waals surface area contributed by atoms with Gasteiger partial charge in [-0.05, 0) is 49.4 Å². The van der Waals surface area contributed by atoms with Crippen LogP contribution in [0.5, 0.6) is 0 Å². The van der Waals surface area contributed by atoms with Gasteiger partial charge in [-0.15, -0.1) is 0 Å². The second-order valence-electron chi connectivity index (χ2n) is 6.80. The number of aromatic nitrogens is 2. The molecule has 0 bridgehead atoms. The lowest BCUT2D eigenvalue weighted by molar-refractivity contribution is -0.385. The van der Waals surface area contributed by atoms with E-state index in [4.69, 9.17) is 4.74 Å². The Bertz CT molecular complexity index is 1360. The van der Waals surface area contributed by atoms with E-state index in [1.807, 2.05) is 0 Å². The predicted octanol–water partition coefficient (Wildman–Crippen LogP) is 4.46. The van der Waals surface area contributed by atoms with Crippen LogP contribution < -0.4 is 0 Å². The fourth-order valence-corrected chi connectivity index (χ4v) is 3.39. The zero-order chi connectivity index (χ0) is 22.8. The fourth-order valence-electron chi connectivity index (χ4n) is 3.39. The maximum Gasteiger partial charge on any atom is 0.340 e. The van der Waals surface area contributed by atoms with Crippen molar-refractivity contribution in [3.8, 4) is 11.3 Å². The third kappa shape index (κ3) is 3.71. The number of ether oxygens (including phenoxy) is 1. The topological polar surface area (TPSA) is 104 Å². The van der Waals surface area contributed by atoms with Gasteiger partial charge >= 0.3 is 5.97 Å². The number of hydrogen-bond donors (Lipinski definition) is 0. The van der Waals surface area contributed by atoms with Crippen molar-refractivity contribution in [2.45, 2.75) is 6.92 Å². The number of ketones is 1. The highest BCUT2D eigenvalue weighted by Crippen LogP contribution is 2.27. The summed E-state index contributed by atoms with van der Waals surface area (Å²) in [7, 11) is 0. The highest BCUT2D eigenvalue weighted by Gasteiger charge is 2.26. The minimum atomic E-state index is -0.650. The zero-order valence-electron chi connectivity index (χ0n) is 16.8. The number of benzene rings is 2. The van der Waals surface area contributed by atoms with Crippen molar-refractivity contribution in [3.05, 3.63) is 99.7 Å². The number of hydrogen-bond acceptors (Lipinski definition) is 6. The van der Waals surface area contributed by atoms with Crippen molar-refractivity contribution in [1.29, 1.82) is 0 Å². The zero-order valence-corrected chi connectivity index (χ0v) is 16.8. The van der Waals surface area contributed by atoms with Crippen molar-refractivity contribution in [3.63, 3.8) is 0 Å². The molecule has 0 N–H and O–H groups in total. The molecule has 0 aliphatic rings. The van der Waals surface area contributed by atoms with Crippen molar-refractivity contribution >= 4 is 23.0 Å². The van der Waals surface area contributed by atoms with Crippen LogP contribution in [0.25, 0.3) is 16.8 Å². The molecule has 0 unspecified atom stereocenters. The van der Waals surface area contributed by atoms with Crippen LogP contribution in [0.1, 0.15) is 33.3 Å². The Balaban J connectivity index is 1.90. The molecule has 8 nitrogen and oxygen atoms in total. The normalized spacial score (nSPS) is 10.8. The highest BCUT2D eigenvalue weighted by atomic mass is 19.1. The second kappa shape index (κ2) is 8.38. The average molecular weight is 433 g/mol. The maximum atomic E-state index is 13.3. The minimum absolute atomic E-state index is 0.0236. The molecule has 0 saturated carbocycles. The SMILES string of the molecule is CCOC(=O)c1cc(C(=O)c2ccccc2[N+](=O)[O-])n2cnc(-c3ccc(F)cc3)cc12. The van der Waals surface area contributed by atoms with E-state index >= 15 is 0 Å². The van der Waals surface area contributed by atoms with Crippen molar-refractivity contribution < 1.29 is 23.6 Å². The Morgan fingerprint density at radius 2 is 1.81 bits per heavy atom. The lowest BCUT2D eigenvalue weighted by atomic mass is 10.1. The molecule has 2 aromatic heterocycles. The number of nitro benzene ring substituents is 1. The quantitative estimate of drug-likeness (QED) is 0.193. The van der Waals surface area contributed by atoms with Gasteiger partial charge in [-0.3, -0.25) is 19.3 Å². The van der Waals surface area contributed by atoms with Gasteiger partial charge in [-0.25, -0.2) is 14.2 Å². The molecule has 0 aliphatic heterocycles. The number of nitrogens with zero attached hydrogens (tertiary/aromatic N) is 3. The summed E-state index contributed by atoms with van der Waals surface area (Å²) in [6.07, 6.45) is 1.35. The van der Waals surface area contributed by atoms with Crippen LogP contribution in [0.15, 0.2) is 67.0 Å². The molecule has 2 heterocycles. The first-order valence-corrected chi connectivity index (χ1v) is 9.63. The Morgan fingerprint density at radius 1 is 1.09 bits per heavy atom. The lowest BCUT2D eigenvalue weighted by Gasteiger charge is -2.06. The largest absolute Gasteiger partial charge is 0.462 e. The van der Waals surface area contributed by atoms with Gasteiger partial charge in [-0.2, -0.15) is 0 Å². The van der Waals surface area contributed by atoms with Crippen LogP contribution in [0, 0.1) is 15.9 Å². The van der Waals surface area contributed by atoms with E-state index < -0.39 is 22.5 Å². The van der Waals surface area contributed by atoms with Crippen LogP contribution in [-0.2, 0) is 4.74 Å². The van der Waals surface area contributed by atoms with Crippen LogP contribution in [-0.4, -0.2) is 32.7 Å². The third-order valence-electron chi connectivity index (χ3n) is 4.88. The predicted molar refractivity (Wildman–Crippen MR) is 113 cm³/mol. The molecule has 2 aromatic carbocycles. The van der Waals surface area contributed by atoms with Crippen molar-refractivity contribution in [1.82, 2.24) is 9.38 Å². The first kappa shape index (κ1) is 20.9. The van der Waals surface area contributed by atoms with E-state index in [2.05, 4.69) is 4.98 Å². The third-order valence-corrected chi connectivity index (χ3v) is 4.88. The van der Waals surface area contributed by atoms with Crippen LogP contribution in [0.4, 0.5) is 10.1 Å². The van der Waals surface area contributed by atoms with Gasteiger partial charge in [0.05, 0.1) is 34.0 Å². The molecule has 0 spiro atoms. The summed E-state index contributed by atoms with van der Waals surface area (Å²) >= 11 is 0. The number of nitro groups is 1. The lowest BCUT2D eigenvalue weighted by Crippen LogP contribution is -2.08. The molecule has 0 amide bonds. The van der Waals surface area contributed by atoms with Gasteiger partial charge in [0.2, 0.25) is 5.78 Å². The summed E-state index contributed by atoms with van der Waals surface area (Å²) in [6.45, 7) is 1.78. The molecular formula is C23H16FN3O5. The van der Waals surface area contributed by atoms with Gasteiger partial charge in [0.25, 0.3) is 5.69 Å². The number of carbonyl (C=O) groups excluding carboxylic acids is 2. The summed E-state index contributed by atoms with van der Waals surface area (Å²) in [5.41, 5.74) is 1.06. The van der Waals surface area contributed by atoms with Gasteiger partial charge < -0.3 is 4.74 Å². The van der Waals surface area contributed by atoms with Gasteiger partial charge in [0.15, 0.2) is 0 Å². The molecule has 4 rings (SSSR count). The maximum absolute atomic E-state index is 13.3. The summed E-state index contributed by atoms with van der Waals surface area (Å²) in [5.74, 6) is -1.69. The van der Waals surface area contributed by atoms with Crippen molar-refractivity contribution in [2.75, 3.05) is 6.61 Å². The van der Waals surface area contributed by atoms with Gasteiger partial charge in [0, 0.05) is 11.6 Å². The van der Waals surface area contributed by atoms with Gasteiger partial charge in [-0.1, -0.05) is 12.1 Å². The Labute approximate surface area is 181 Å². The number of fused-ring (bicyclic) bond motifs is 1. The summed E-state index contributed by atoms with van der Waals surface area (Å²) < 4.78 is 19.8. The number of rotatable bonds is 6. The van der Waals surface area contributed by atoms with Gasteiger partial charge in [0.1, 0.15) is 17.7 Å². The van der Waals surface area contributed by atoms with E-state index in [0.29, 0.717) is 16.8 Å². The smallest absolute Gasteiger partial charge is 0.340 e. The molecule has 0 fully saturated rings. The number of carbonyl (C=O) groups is 2. The van der Waals surface area contributed by atoms with E-state index in [-0.39, 0.29) is 29.1 Å². The van der Waals surface area contributed by atoms with Crippen LogP contribution in [0.3, 0.4) is 0 Å². The molecule has 0 atom stereocenters. The summed E-state index contributed by atoms with van der Waals surface area (Å²) in [6, 6.07) is 14.1. The Hall–Kier alpha value is -4.40. The molecule has 32 heavy (non-hydrogen) atoms. The first-order valence-electron chi connectivity index (χ1n) is 9.63. The molecular weight excluding hydrogens is 417 g/mol. The van der Waals surface area contributed by atoms with Crippen molar-refractivity contribution in [2.24, 2.45) is 0 Å². The molecule has 0 aliphatic carbocycles. The van der Waals surface area contributed by atoms with E-state index in [1.54, 1.807) is 25.1 Å². The summed E-state index contributed by atoms with van der Waals surface area (Å²) in [5, 5.41) is 11.4. The Kier molecular flexibility index (Phi) is 5.46. The average Bonchev–Trinajstić information content (AvgIpc) is 3.18. The van der Waals surface area contributed by atoms with Crippen LogP contribution in [0.2, 0.25) is 0 Å². The first-order chi connectivity index (χ1) is 15.4. The number of para-hydroxylation sites is 1. The standard InChI is InChI=1S/C23H16FN3O5/c1-2-32-23(29)17-11-21(22(28)16-5-3-4-6-19(16)27(30)31)26-13-25-18(12-20(17)26)14-7-9-15(24)10-8-14/h3-13H,2H2,1H3. The van der Waals surface area contributed by atoms with E-state index in [0.717, 1.165) is 0 Å². The molecule has 9 heteroatoms. The van der Waals surface area contributed by atoms with E-state index in [9.17, 15) is 24.1 Å². The highest BCUT2D eigenvalue weighted by molar-refractivity contribution is 6.13. The number of halogens is 1. The molecule has 0 saturated heterocycles. The Morgan fingerprint density at radius 3 is 2.50 bits per heavy atom. The monoisotopic (exact) mass is 433 g/mol. The van der Waals surface area contributed by atoms with E-state index in [1.165, 1.54) is 53.2 Å². The molecule has 160 valence electrons.